The lowest BCUT2D eigenvalue weighted by atomic mass is 10.2. The molecule has 2 aromatic rings. The van der Waals surface area contributed by atoms with Gasteiger partial charge in [0, 0.05) is 27.9 Å². The van der Waals surface area contributed by atoms with E-state index in [4.69, 9.17) is 22.7 Å². The molecule has 0 amide bonds. The Kier molecular flexibility index (Phi) is 3.84. The molecule has 0 spiro atoms. The molecule has 18 heavy (non-hydrogen) atoms. The van der Waals surface area contributed by atoms with Crippen LogP contribution in [0.4, 0.5) is 0 Å². The smallest absolute Gasteiger partial charge is 0.192 e. The Morgan fingerprint density at radius 1 is 1.33 bits per heavy atom. The van der Waals surface area contributed by atoms with E-state index in [1.165, 1.54) is 11.8 Å². The molecule has 1 heterocycles. The number of nitrogens with zero attached hydrogens (tertiary/aromatic N) is 2. The lowest BCUT2D eigenvalue weighted by molar-refractivity contribution is 0.950. The van der Waals surface area contributed by atoms with Gasteiger partial charge in [0.05, 0.1) is 0 Å². The Hall–Kier alpha value is -1.59. The fraction of sp³-hybridized carbons (Fsp3) is 0.0833. The standard InChI is InChI=1S/C12H11ClN4S/c1-7-5-16-12(17-6-7)18-10-3-2-8(13)4-9(10)11(14)15/h2-6H,1H3,(H3,14,15). The highest BCUT2D eigenvalue weighted by Crippen LogP contribution is 2.29. The molecule has 3 N–H and O–H groups in total. The first-order chi connectivity index (χ1) is 8.56. The third-order valence-corrected chi connectivity index (χ3v) is 3.39. The van der Waals surface area contributed by atoms with Crippen LogP contribution in [0, 0.1) is 12.3 Å². The minimum atomic E-state index is -0.0212. The molecule has 0 aliphatic carbocycles. The summed E-state index contributed by atoms with van der Waals surface area (Å²) >= 11 is 7.25. The number of nitrogens with two attached hydrogens (primary N) is 1. The van der Waals surface area contributed by atoms with Gasteiger partial charge in [-0.1, -0.05) is 11.6 Å². The molecule has 0 unspecified atom stereocenters. The van der Waals surface area contributed by atoms with Gasteiger partial charge in [-0.3, -0.25) is 5.41 Å². The van der Waals surface area contributed by atoms with Crippen molar-refractivity contribution in [1.82, 2.24) is 9.97 Å². The van der Waals surface area contributed by atoms with Crippen LogP contribution in [0.5, 0.6) is 0 Å². The number of nitrogen functional groups attached to an aromatic ring is 1. The number of aryl methyl sites for hydroxylation is 1. The average molecular weight is 279 g/mol. The van der Waals surface area contributed by atoms with Gasteiger partial charge in [0.25, 0.3) is 0 Å². The van der Waals surface area contributed by atoms with Crippen molar-refractivity contribution in [3.63, 3.8) is 0 Å². The van der Waals surface area contributed by atoms with Crippen LogP contribution in [0.15, 0.2) is 40.6 Å². The molecule has 0 saturated carbocycles. The number of hydrogen-bond acceptors (Lipinski definition) is 4. The molecule has 1 aromatic heterocycles. The second-order valence-electron chi connectivity index (χ2n) is 3.70. The summed E-state index contributed by atoms with van der Waals surface area (Å²) in [5.41, 5.74) is 7.13. The summed E-state index contributed by atoms with van der Waals surface area (Å²) < 4.78 is 0. The van der Waals surface area contributed by atoms with Crippen molar-refractivity contribution in [3.05, 3.63) is 46.7 Å². The van der Waals surface area contributed by atoms with Gasteiger partial charge in [-0.25, -0.2) is 9.97 Å². The Bertz CT molecular complexity index is 583. The Morgan fingerprint density at radius 2 is 2.00 bits per heavy atom. The minimum Gasteiger partial charge on any atom is -0.384 e. The van der Waals surface area contributed by atoms with Gasteiger partial charge in [-0.05, 0) is 42.4 Å². The van der Waals surface area contributed by atoms with Gasteiger partial charge in [0.1, 0.15) is 5.84 Å². The van der Waals surface area contributed by atoms with E-state index in [1.807, 2.05) is 13.0 Å². The van der Waals surface area contributed by atoms with E-state index >= 15 is 0 Å². The van der Waals surface area contributed by atoms with Gasteiger partial charge in [0.2, 0.25) is 0 Å². The lowest BCUT2D eigenvalue weighted by Gasteiger charge is -2.07. The van der Waals surface area contributed by atoms with E-state index in [1.54, 1.807) is 24.5 Å². The topological polar surface area (TPSA) is 75.7 Å². The van der Waals surface area contributed by atoms with Gasteiger partial charge in [-0.15, -0.1) is 0 Å². The predicted octanol–water partition coefficient (Wildman–Crippen LogP) is 2.87. The lowest BCUT2D eigenvalue weighted by Crippen LogP contribution is -2.12. The summed E-state index contributed by atoms with van der Waals surface area (Å²) in [6.07, 6.45) is 3.50. The van der Waals surface area contributed by atoms with E-state index in [-0.39, 0.29) is 5.84 Å². The molecule has 1 aromatic carbocycles. The summed E-state index contributed by atoms with van der Waals surface area (Å²) in [4.78, 5) is 9.22. The van der Waals surface area contributed by atoms with Crippen LogP contribution in [0.3, 0.4) is 0 Å². The van der Waals surface area contributed by atoms with E-state index in [0.717, 1.165) is 10.5 Å². The second-order valence-corrected chi connectivity index (χ2v) is 5.14. The van der Waals surface area contributed by atoms with E-state index in [9.17, 15) is 0 Å². The molecule has 0 radical (unpaired) electrons. The number of hydrogen-bond donors (Lipinski definition) is 2. The van der Waals surface area contributed by atoms with Crippen LogP contribution in [0.25, 0.3) is 0 Å². The zero-order valence-corrected chi connectivity index (χ0v) is 11.2. The van der Waals surface area contributed by atoms with Crippen molar-refractivity contribution < 1.29 is 0 Å². The maximum absolute atomic E-state index is 7.54. The summed E-state index contributed by atoms with van der Waals surface area (Å²) in [5, 5.41) is 8.70. The number of rotatable bonds is 3. The molecular weight excluding hydrogens is 268 g/mol. The van der Waals surface area contributed by atoms with Crippen LogP contribution in [0.1, 0.15) is 11.1 Å². The highest BCUT2D eigenvalue weighted by atomic mass is 35.5. The second kappa shape index (κ2) is 5.37. The molecule has 92 valence electrons. The van der Waals surface area contributed by atoms with Gasteiger partial charge < -0.3 is 5.73 Å². The molecule has 4 nitrogen and oxygen atoms in total. The number of nitrogens with one attached hydrogen (secondary N) is 1. The quantitative estimate of drug-likeness (QED) is 0.514. The van der Waals surface area contributed by atoms with Crippen LogP contribution in [-0.2, 0) is 0 Å². The number of halogens is 1. The normalized spacial score (nSPS) is 10.3. The SMILES string of the molecule is Cc1cnc(Sc2ccc(Cl)cc2C(=N)N)nc1. The summed E-state index contributed by atoms with van der Waals surface area (Å²) in [5.74, 6) is -0.0212. The van der Waals surface area contributed by atoms with Crippen LogP contribution < -0.4 is 5.73 Å². The van der Waals surface area contributed by atoms with Crippen LogP contribution in [0.2, 0.25) is 5.02 Å². The molecule has 0 fully saturated rings. The highest BCUT2D eigenvalue weighted by molar-refractivity contribution is 7.99. The Morgan fingerprint density at radius 3 is 2.61 bits per heavy atom. The number of amidine groups is 1. The molecule has 0 bridgehead atoms. The van der Waals surface area contributed by atoms with Gasteiger partial charge in [-0.2, -0.15) is 0 Å². The molecule has 0 aliphatic heterocycles. The maximum atomic E-state index is 7.54. The van der Waals surface area contributed by atoms with Gasteiger partial charge >= 0.3 is 0 Å². The minimum absolute atomic E-state index is 0.0212. The van der Waals surface area contributed by atoms with Crippen molar-refractivity contribution in [2.45, 2.75) is 17.0 Å². The summed E-state index contributed by atoms with van der Waals surface area (Å²) in [6, 6.07) is 5.23. The molecule has 0 atom stereocenters. The zero-order valence-electron chi connectivity index (χ0n) is 9.64. The third-order valence-electron chi connectivity index (χ3n) is 2.19. The van der Waals surface area contributed by atoms with E-state index in [0.29, 0.717) is 15.7 Å². The first kappa shape index (κ1) is 12.9. The summed E-state index contributed by atoms with van der Waals surface area (Å²) in [6.45, 7) is 1.93. The van der Waals surface area contributed by atoms with Crippen LogP contribution in [-0.4, -0.2) is 15.8 Å². The highest BCUT2D eigenvalue weighted by Gasteiger charge is 2.09. The Balaban J connectivity index is 2.34. The average Bonchev–Trinajstić information content (AvgIpc) is 2.34. The van der Waals surface area contributed by atoms with Gasteiger partial charge in [0.15, 0.2) is 5.16 Å². The molecule has 0 aliphatic rings. The maximum Gasteiger partial charge on any atom is 0.192 e. The number of benzene rings is 1. The van der Waals surface area contributed by atoms with Crippen molar-refractivity contribution in [2.24, 2.45) is 5.73 Å². The first-order valence-electron chi connectivity index (χ1n) is 5.16. The predicted molar refractivity (Wildman–Crippen MR) is 73.4 cm³/mol. The summed E-state index contributed by atoms with van der Waals surface area (Å²) in [7, 11) is 0. The zero-order chi connectivity index (χ0) is 13.1. The van der Waals surface area contributed by atoms with Crippen molar-refractivity contribution in [3.8, 4) is 0 Å². The molecule has 6 heteroatoms. The number of aromatic nitrogens is 2. The van der Waals surface area contributed by atoms with E-state index < -0.39 is 0 Å². The molecular formula is C12H11ClN4S. The van der Waals surface area contributed by atoms with Crippen molar-refractivity contribution >= 4 is 29.2 Å². The van der Waals surface area contributed by atoms with Crippen LogP contribution >= 0.6 is 23.4 Å². The van der Waals surface area contributed by atoms with Crippen molar-refractivity contribution in [2.75, 3.05) is 0 Å². The Labute approximate surface area is 114 Å². The largest absolute Gasteiger partial charge is 0.384 e. The monoisotopic (exact) mass is 278 g/mol. The van der Waals surface area contributed by atoms with Crippen molar-refractivity contribution in [1.29, 1.82) is 5.41 Å². The fourth-order valence-corrected chi connectivity index (χ4v) is 2.33. The third kappa shape index (κ3) is 3.00. The molecule has 2 rings (SSSR count). The fourth-order valence-electron chi connectivity index (χ4n) is 1.33. The molecule has 0 saturated heterocycles. The first-order valence-corrected chi connectivity index (χ1v) is 6.36. The van der Waals surface area contributed by atoms with E-state index in [2.05, 4.69) is 9.97 Å².